The van der Waals surface area contributed by atoms with Gasteiger partial charge in [-0.15, -0.1) is 5.10 Å². The number of nitrogens with zero attached hydrogens (tertiary/aromatic N) is 4. The van der Waals surface area contributed by atoms with Crippen molar-refractivity contribution >= 4 is 5.95 Å². The first-order valence-corrected chi connectivity index (χ1v) is 10.2. The third kappa shape index (κ3) is 5.57. The number of halogens is 1. The minimum atomic E-state index is -0.260. The maximum atomic E-state index is 13.1. The van der Waals surface area contributed by atoms with Gasteiger partial charge in [0.1, 0.15) is 5.82 Å². The molecule has 0 aliphatic carbocycles. The summed E-state index contributed by atoms with van der Waals surface area (Å²) in [6.07, 6.45) is 5.06. The molecular weight excluding hydrogens is 365 g/mol. The average molecular weight is 391 g/mol. The Kier molecular flexibility index (Phi) is 6.42. The largest absolute Gasteiger partial charge is 0.353 e. The van der Waals surface area contributed by atoms with E-state index in [4.69, 9.17) is 0 Å². The van der Waals surface area contributed by atoms with Gasteiger partial charge in [-0.3, -0.25) is 0 Å². The fourth-order valence-corrected chi connectivity index (χ4v) is 3.72. The summed E-state index contributed by atoms with van der Waals surface area (Å²) in [5.74, 6) is 0.878. The molecule has 0 atom stereocenters. The van der Waals surface area contributed by atoms with Gasteiger partial charge in [-0.1, -0.05) is 30.3 Å². The van der Waals surface area contributed by atoms with Crippen LogP contribution in [-0.4, -0.2) is 46.3 Å². The zero-order valence-electron chi connectivity index (χ0n) is 16.5. The third-order valence-corrected chi connectivity index (χ3v) is 5.51. The Balaban J connectivity index is 1.23. The van der Waals surface area contributed by atoms with E-state index in [2.05, 4.69) is 55.7 Å². The van der Waals surface area contributed by atoms with Crippen LogP contribution in [0.5, 0.6) is 0 Å². The van der Waals surface area contributed by atoms with Crippen LogP contribution in [0.25, 0.3) is 11.3 Å². The molecule has 0 radical (unpaired) electrons. The zero-order chi connectivity index (χ0) is 19.9. The van der Waals surface area contributed by atoms with Crippen molar-refractivity contribution in [2.24, 2.45) is 5.92 Å². The summed E-state index contributed by atoms with van der Waals surface area (Å²) in [5.41, 5.74) is 2.93. The molecular formula is C23H26FN5. The third-order valence-electron chi connectivity index (χ3n) is 5.51. The summed E-state index contributed by atoms with van der Waals surface area (Å²) >= 11 is 0. The number of aromatic nitrogens is 3. The summed E-state index contributed by atoms with van der Waals surface area (Å²) in [6.45, 7) is 4.24. The van der Waals surface area contributed by atoms with E-state index in [1.807, 2.05) is 0 Å². The molecule has 29 heavy (non-hydrogen) atoms. The van der Waals surface area contributed by atoms with Crippen molar-refractivity contribution in [3.63, 3.8) is 0 Å². The number of piperidine rings is 1. The number of hydrogen-bond donors (Lipinski definition) is 1. The van der Waals surface area contributed by atoms with Crippen LogP contribution in [0.2, 0.25) is 0 Å². The van der Waals surface area contributed by atoms with E-state index in [0.29, 0.717) is 17.6 Å². The Labute approximate surface area is 171 Å². The topological polar surface area (TPSA) is 53.9 Å². The second kappa shape index (κ2) is 9.56. The quantitative estimate of drug-likeness (QED) is 0.659. The summed E-state index contributed by atoms with van der Waals surface area (Å²) in [4.78, 5) is 7.07. The molecule has 1 fully saturated rings. The maximum Gasteiger partial charge on any atom is 0.243 e. The Hall–Kier alpha value is -2.86. The molecule has 1 N–H and O–H groups in total. The van der Waals surface area contributed by atoms with Crippen LogP contribution in [0.15, 0.2) is 60.8 Å². The first-order valence-electron chi connectivity index (χ1n) is 10.2. The predicted molar refractivity (Wildman–Crippen MR) is 113 cm³/mol. The second-order valence-corrected chi connectivity index (χ2v) is 7.57. The lowest BCUT2D eigenvalue weighted by Gasteiger charge is -2.32. The van der Waals surface area contributed by atoms with Gasteiger partial charge in [-0.25, -0.2) is 9.37 Å². The van der Waals surface area contributed by atoms with Crippen LogP contribution < -0.4 is 5.32 Å². The van der Waals surface area contributed by atoms with Gasteiger partial charge in [0, 0.05) is 18.7 Å². The lowest BCUT2D eigenvalue weighted by molar-refractivity contribution is 0.191. The van der Waals surface area contributed by atoms with Gasteiger partial charge in [0.25, 0.3) is 0 Å². The average Bonchev–Trinajstić information content (AvgIpc) is 2.78. The van der Waals surface area contributed by atoms with Crippen molar-refractivity contribution in [1.29, 1.82) is 0 Å². The van der Waals surface area contributed by atoms with E-state index in [-0.39, 0.29) is 5.82 Å². The Morgan fingerprint density at radius 2 is 1.76 bits per heavy atom. The molecule has 0 spiro atoms. The predicted octanol–water partition coefficient (Wildman–Crippen LogP) is 4.04. The molecule has 5 nitrogen and oxygen atoms in total. The zero-order valence-corrected chi connectivity index (χ0v) is 16.5. The van der Waals surface area contributed by atoms with E-state index < -0.39 is 0 Å². The highest BCUT2D eigenvalue weighted by molar-refractivity contribution is 5.58. The Bertz CT molecular complexity index is 893. The van der Waals surface area contributed by atoms with Crippen LogP contribution in [0.3, 0.4) is 0 Å². The maximum absolute atomic E-state index is 13.1. The molecule has 3 aromatic rings. The van der Waals surface area contributed by atoms with Gasteiger partial charge in [-0.2, -0.15) is 5.10 Å². The standard InChI is InChI=1S/C23H26FN5/c24-21-8-6-20(7-9-21)22-17-26-28-23(27-22)25-16-19-11-14-29(15-12-19)13-10-18-4-2-1-3-5-18/h1-9,17,19H,10-16H2,(H,25,27,28). The molecule has 150 valence electrons. The van der Waals surface area contributed by atoms with Crippen molar-refractivity contribution in [2.75, 3.05) is 31.5 Å². The van der Waals surface area contributed by atoms with Crippen LogP contribution in [-0.2, 0) is 6.42 Å². The molecule has 4 rings (SSSR count). The van der Waals surface area contributed by atoms with Gasteiger partial charge in [0.05, 0.1) is 11.9 Å². The van der Waals surface area contributed by atoms with Crippen molar-refractivity contribution in [3.8, 4) is 11.3 Å². The molecule has 1 aliphatic rings. The number of benzene rings is 2. The van der Waals surface area contributed by atoms with Crippen LogP contribution in [0.1, 0.15) is 18.4 Å². The summed E-state index contributed by atoms with van der Waals surface area (Å²) in [6, 6.07) is 16.9. The monoisotopic (exact) mass is 391 g/mol. The Morgan fingerprint density at radius 1 is 1.00 bits per heavy atom. The highest BCUT2D eigenvalue weighted by atomic mass is 19.1. The fourth-order valence-electron chi connectivity index (χ4n) is 3.72. The normalized spacial score (nSPS) is 15.3. The molecule has 0 saturated carbocycles. The van der Waals surface area contributed by atoms with E-state index >= 15 is 0 Å². The van der Waals surface area contributed by atoms with E-state index in [9.17, 15) is 4.39 Å². The summed E-state index contributed by atoms with van der Waals surface area (Å²) < 4.78 is 13.1. The van der Waals surface area contributed by atoms with Gasteiger partial charge in [0.15, 0.2) is 0 Å². The van der Waals surface area contributed by atoms with Crippen molar-refractivity contribution in [3.05, 3.63) is 72.2 Å². The summed E-state index contributed by atoms with van der Waals surface area (Å²) in [7, 11) is 0. The Morgan fingerprint density at radius 3 is 2.52 bits per heavy atom. The van der Waals surface area contributed by atoms with Gasteiger partial charge >= 0.3 is 0 Å². The smallest absolute Gasteiger partial charge is 0.243 e. The second-order valence-electron chi connectivity index (χ2n) is 7.57. The molecule has 0 unspecified atom stereocenters. The van der Waals surface area contributed by atoms with E-state index in [1.54, 1.807) is 18.3 Å². The molecule has 2 heterocycles. The first-order chi connectivity index (χ1) is 14.3. The van der Waals surface area contributed by atoms with Gasteiger partial charge in [-0.05, 0) is 68.1 Å². The summed E-state index contributed by atoms with van der Waals surface area (Å²) in [5, 5.41) is 11.5. The molecule has 0 amide bonds. The van der Waals surface area contributed by atoms with Crippen molar-refractivity contribution in [2.45, 2.75) is 19.3 Å². The minimum Gasteiger partial charge on any atom is -0.353 e. The highest BCUT2D eigenvalue weighted by Crippen LogP contribution is 2.20. The van der Waals surface area contributed by atoms with E-state index in [0.717, 1.165) is 38.2 Å². The number of nitrogens with one attached hydrogen (secondary N) is 1. The van der Waals surface area contributed by atoms with Crippen molar-refractivity contribution in [1.82, 2.24) is 20.1 Å². The SMILES string of the molecule is Fc1ccc(-c2cnnc(NCC3CCN(CCc4ccccc4)CC3)n2)cc1. The van der Waals surface area contributed by atoms with Gasteiger partial charge < -0.3 is 10.2 Å². The lowest BCUT2D eigenvalue weighted by atomic mass is 9.96. The van der Waals surface area contributed by atoms with Crippen molar-refractivity contribution < 1.29 is 4.39 Å². The number of anilines is 1. The van der Waals surface area contributed by atoms with Gasteiger partial charge in [0.2, 0.25) is 5.95 Å². The van der Waals surface area contributed by atoms with Crippen LogP contribution in [0.4, 0.5) is 10.3 Å². The number of likely N-dealkylation sites (tertiary alicyclic amines) is 1. The molecule has 1 aliphatic heterocycles. The first kappa shape index (κ1) is 19.5. The molecule has 6 heteroatoms. The number of hydrogen-bond acceptors (Lipinski definition) is 5. The molecule has 1 aromatic heterocycles. The molecule has 0 bridgehead atoms. The highest BCUT2D eigenvalue weighted by Gasteiger charge is 2.19. The van der Waals surface area contributed by atoms with Crippen LogP contribution >= 0.6 is 0 Å². The fraction of sp³-hybridized carbons (Fsp3) is 0.348. The minimum absolute atomic E-state index is 0.260. The lowest BCUT2D eigenvalue weighted by Crippen LogP contribution is -2.37. The number of rotatable bonds is 7. The molecule has 2 aromatic carbocycles. The molecule has 1 saturated heterocycles. The van der Waals surface area contributed by atoms with E-state index in [1.165, 1.54) is 30.5 Å². The van der Waals surface area contributed by atoms with Crippen LogP contribution in [0, 0.1) is 11.7 Å².